The van der Waals surface area contributed by atoms with Crippen molar-refractivity contribution in [1.29, 1.82) is 0 Å². The molecule has 158 valence electrons. The van der Waals surface area contributed by atoms with Crippen molar-refractivity contribution in [2.45, 2.75) is 52.2 Å². The highest BCUT2D eigenvalue weighted by Crippen LogP contribution is 2.19. The number of carbonyl (C=O) groups excluding carboxylic acids is 1. The molecule has 0 radical (unpaired) electrons. The second-order valence-corrected chi connectivity index (χ2v) is 8.41. The van der Waals surface area contributed by atoms with Crippen LogP contribution in [-0.4, -0.2) is 57.8 Å². The maximum atomic E-state index is 13.2. The number of amides is 1. The summed E-state index contributed by atoms with van der Waals surface area (Å²) in [6.07, 6.45) is 4.80. The van der Waals surface area contributed by atoms with E-state index in [1.807, 2.05) is 20.8 Å². The summed E-state index contributed by atoms with van der Waals surface area (Å²) in [6.45, 7) is 9.29. The van der Waals surface area contributed by atoms with E-state index in [-0.39, 0.29) is 5.82 Å². The van der Waals surface area contributed by atoms with Crippen LogP contribution in [0.4, 0.5) is 15.0 Å². The fourth-order valence-corrected chi connectivity index (χ4v) is 3.38. The summed E-state index contributed by atoms with van der Waals surface area (Å²) in [4.78, 5) is 16.9. The molecule has 1 amide bonds. The first-order valence-electron chi connectivity index (χ1n) is 10.2. The molecule has 29 heavy (non-hydrogen) atoms. The number of halogens is 1. The predicted molar refractivity (Wildman–Crippen MR) is 109 cm³/mol. The molecule has 1 saturated heterocycles. The van der Waals surface area contributed by atoms with Crippen molar-refractivity contribution in [2.75, 3.05) is 31.1 Å². The highest BCUT2D eigenvalue weighted by Gasteiger charge is 2.27. The molecule has 0 saturated carbocycles. The van der Waals surface area contributed by atoms with Crippen molar-refractivity contribution in [1.82, 2.24) is 19.9 Å². The maximum Gasteiger partial charge on any atom is 0.416 e. The van der Waals surface area contributed by atoms with E-state index in [4.69, 9.17) is 4.74 Å². The molecular formula is C21H30FN5O2. The monoisotopic (exact) mass is 403 g/mol. The minimum Gasteiger partial charge on any atom is -0.443 e. The molecule has 1 aromatic heterocycles. The van der Waals surface area contributed by atoms with Gasteiger partial charge in [-0.3, -0.25) is 4.90 Å². The third kappa shape index (κ3) is 6.25. The molecule has 0 spiro atoms. The highest BCUT2D eigenvalue weighted by molar-refractivity contribution is 5.86. The fraction of sp³-hybridized carbons (Fsp3) is 0.571. The van der Waals surface area contributed by atoms with E-state index in [1.54, 1.807) is 27.9 Å². The first-order chi connectivity index (χ1) is 13.8. The van der Waals surface area contributed by atoms with Crippen LogP contribution in [0, 0.1) is 5.82 Å². The first kappa shape index (κ1) is 21.2. The third-order valence-corrected chi connectivity index (χ3v) is 4.82. The van der Waals surface area contributed by atoms with Gasteiger partial charge in [0.25, 0.3) is 0 Å². The van der Waals surface area contributed by atoms with Gasteiger partial charge in [0.1, 0.15) is 11.4 Å². The topological polar surface area (TPSA) is 63.5 Å². The SMILES string of the molecule is CC(C)(C)OC(=O)N(CCN1CCCCC1)c1cnnn1Cc1ccc(F)cc1. The number of carbonyl (C=O) groups is 1. The van der Waals surface area contributed by atoms with E-state index in [0.29, 0.717) is 18.9 Å². The summed E-state index contributed by atoms with van der Waals surface area (Å²) in [6, 6.07) is 6.22. The van der Waals surface area contributed by atoms with Gasteiger partial charge in [-0.25, -0.2) is 13.9 Å². The van der Waals surface area contributed by atoms with E-state index in [0.717, 1.165) is 25.2 Å². The number of benzene rings is 1. The molecule has 2 aromatic rings. The van der Waals surface area contributed by atoms with E-state index in [2.05, 4.69) is 15.2 Å². The van der Waals surface area contributed by atoms with Crippen LogP contribution in [0.15, 0.2) is 30.5 Å². The minimum atomic E-state index is -0.601. The molecule has 2 heterocycles. The number of aromatic nitrogens is 3. The summed E-state index contributed by atoms with van der Waals surface area (Å²) in [5, 5.41) is 8.14. The zero-order valence-corrected chi connectivity index (χ0v) is 17.5. The standard InChI is InChI=1S/C21H30FN5O2/c1-21(2,3)29-20(28)26(14-13-25-11-5-4-6-12-25)19-15-23-24-27(19)16-17-7-9-18(22)10-8-17/h7-10,15H,4-6,11-14,16H2,1-3H3. The zero-order chi connectivity index (χ0) is 20.9. The molecule has 1 aliphatic rings. The molecule has 8 heteroatoms. The number of nitrogens with zero attached hydrogens (tertiary/aromatic N) is 5. The Bertz CT molecular complexity index is 794. The van der Waals surface area contributed by atoms with Gasteiger partial charge in [-0.15, -0.1) is 5.10 Å². The molecule has 1 aliphatic heterocycles. The zero-order valence-electron chi connectivity index (χ0n) is 17.5. The number of likely N-dealkylation sites (tertiary alicyclic amines) is 1. The van der Waals surface area contributed by atoms with Gasteiger partial charge < -0.3 is 9.64 Å². The lowest BCUT2D eigenvalue weighted by atomic mass is 10.1. The number of hydrogen-bond acceptors (Lipinski definition) is 5. The lowest BCUT2D eigenvalue weighted by Gasteiger charge is -2.31. The van der Waals surface area contributed by atoms with Gasteiger partial charge in [0, 0.05) is 13.1 Å². The van der Waals surface area contributed by atoms with Crippen LogP contribution in [0.2, 0.25) is 0 Å². The van der Waals surface area contributed by atoms with E-state index >= 15 is 0 Å². The van der Waals surface area contributed by atoms with Crippen LogP contribution >= 0.6 is 0 Å². The molecular weight excluding hydrogens is 373 g/mol. The van der Waals surface area contributed by atoms with Gasteiger partial charge in [-0.1, -0.05) is 23.8 Å². The van der Waals surface area contributed by atoms with Gasteiger partial charge in [-0.05, 0) is 64.4 Å². The largest absolute Gasteiger partial charge is 0.443 e. The summed E-state index contributed by atoms with van der Waals surface area (Å²) in [7, 11) is 0. The van der Waals surface area contributed by atoms with Gasteiger partial charge in [0.2, 0.25) is 0 Å². The van der Waals surface area contributed by atoms with Crippen molar-refractivity contribution in [2.24, 2.45) is 0 Å². The second kappa shape index (κ2) is 9.35. The van der Waals surface area contributed by atoms with Crippen molar-refractivity contribution in [3.8, 4) is 0 Å². The Hall–Kier alpha value is -2.48. The number of ether oxygens (including phenoxy) is 1. The van der Waals surface area contributed by atoms with Crippen LogP contribution in [0.25, 0.3) is 0 Å². The second-order valence-electron chi connectivity index (χ2n) is 8.41. The molecule has 0 bridgehead atoms. The number of piperidine rings is 1. The summed E-state index contributed by atoms with van der Waals surface area (Å²) in [5.41, 5.74) is 0.272. The Morgan fingerprint density at radius 1 is 1.17 bits per heavy atom. The molecule has 1 aromatic carbocycles. The van der Waals surface area contributed by atoms with Gasteiger partial charge >= 0.3 is 6.09 Å². The molecule has 1 fully saturated rings. The Labute approximate surface area is 171 Å². The number of hydrogen-bond donors (Lipinski definition) is 0. The van der Waals surface area contributed by atoms with Gasteiger partial charge in [-0.2, -0.15) is 0 Å². The predicted octanol–water partition coefficient (Wildman–Crippen LogP) is 3.69. The first-order valence-corrected chi connectivity index (χ1v) is 10.2. The van der Waals surface area contributed by atoms with E-state index < -0.39 is 11.7 Å². The molecule has 0 atom stereocenters. The Kier molecular flexibility index (Phi) is 6.84. The Morgan fingerprint density at radius 3 is 2.52 bits per heavy atom. The Morgan fingerprint density at radius 2 is 1.86 bits per heavy atom. The van der Waals surface area contributed by atoms with Crippen molar-refractivity contribution < 1.29 is 13.9 Å². The lowest BCUT2D eigenvalue weighted by molar-refractivity contribution is 0.0572. The normalized spacial score (nSPS) is 15.3. The smallest absolute Gasteiger partial charge is 0.416 e. The van der Waals surface area contributed by atoms with Crippen LogP contribution in [0.3, 0.4) is 0 Å². The number of rotatable bonds is 6. The Balaban J connectivity index is 1.78. The third-order valence-electron chi connectivity index (χ3n) is 4.82. The van der Waals surface area contributed by atoms with Crippen molar-refractivity contribution in [3.63, 3.8) is 0 Å². The summed E-state index contributed by atoms with van der Waals surface area (Å²) >= 11 is 0. The van der Waals surface area contributed by atoms with Gasteiger partial charge in [0.05, 0.1) is 12.7 Å². The maximum absolute atomic E-state index is 13.2. The van der Waals surface area contributed by atoms with Crippen LogP contribution in [0.5, 0.6) is 0 Å². The van der Waals surface area contributed by atoms with Gasteiger partial charge in [0.15, 0.2) is 5.82 Å². The molecule has 0 aliphatic carbocycles. The van der Waals surface area contributed by atoms with Crippen molar-refractivity contribution in [3.05, 3.63) is 41.8 Å². The van der Waals surface area contributed by atoms with Crippen LogP contribution in [-0.2, 0) is 11.3 Å². The molecule has 0 N–H and O–H groups in total. The fourth-order valence-electron chi connectivity index (χ4n) is 3.38. The highest BCUT2D eigenvalue weighted by atomic mass is 19.1. The summed E-state index contributed by atoms with van der Waals surface area (Å²) in [5.74, 6) is 0.282. The average Bonchev–Trinajstić information content (AvgIpc) is 3.11. The minimum absolute atomic E-state index is 0.288. The molecule has 7 nitrogen and oxygen atoms in total. The lowest BCUT2D eigenvalue weighted by Crippen LogP contribution is -2.43. The van der Waals surface area contributed by atoms with E-state index in [1.165, 1.54) is 31.4 Å². The van der Waals surface area contributed by atoms with Crippen LogP contribution < -0.4 is 4.90 Å². The van der Waals surface area contributed by atoms with Crippen LogP contribution in [0.1, 0.15) is 45.6 Å². The summed E-state index contributed by atoms with van der Waals surface area (Å²) < 4.78 is 20.5. The van der Waals surface area contributed by atoms with E-state index in [9.17, 15) is 9.18 Å². The van der Waals surface area contributed by atoms with Crippen molar-refractivity contribution >= 4 is 11.9 Å². The average molecular weight is 404 g/mol. The molecule has 3 rings (SSSR count). The number of anilines is 1. The quantitative estimate of drug-likeness (QED) is 0.736. The molecule has 0 unspecified atom stereocenters.